The summed E-state index contributed by atoms with van der Waals surface area (Å²) in [7, 11) is 0. The Kier molecular flexibility index (Phi) is 4.29. The van der Waals surface area contributed by atoms with Crippen LogP contribution < -0.4 is 0 Å². The van der Waals surface area contributed by atoms with Gasteiger partial charge < -0.3 is 19.3 Å². The molecule has 0 bridgehead atoms. The second kappa shape index (κ2) is 6.30. The monoisotopic (exact) mass is 336 g/mol. The van der Waals surface area contributed by atoms with Crippen LogP contribution in [0.1, 0.15) is 39.0 Å². The molecular weight excluding hydrogens is 308 g/mol. The molecule has 4 aliphatic rings. The maximum Gasteiger partial charge on any atom is 0.226 e. The second-order valence-corrected chi connectivity index (χ2v) is 7.91. The van der Waals surface area contributed by atoms with Gasteiger partial charge in [-0.2, -0.15) is 0 Å². The lowest BCUT2D eigenvalue weighted by Gasteiger charge is -2.37. The van der Waals surface area contributed by atoms with Crippen LogP contribution in [0, 0.1) is 17.8 Å². The Hall–Kier alpha value is -1.14. The molecule has 0 aromatic rings. The molecule has 3 heterocycles. The van der Waals surface area contributed by atoms with Crippen molar-refractivity contribution >= 4 is 11.8 Å². The summed E-state index contributed by atoms with van der Waals surface area (Å²) in [5.41, 5.74) is 0. The Morgan fingerprint density at radius 2 is 1.58 bits per heavy atom. The molecule has 4 fully saturated rings. The molecule has 6 heteroatoms. The summed E-state index contributed by atoms with van der Waals surface area (Å²) in [5, 5.41) is 0. The molecular formula is C18H28N2O4. The predicted molar refractivity (Wildman–Crippen MR) is 87.0 cm³/mol. The van der Waals surface area contributed by atoms with Crippen LogP contribution in [0.2, 0.25) is 0 Å². The number of ether oxygens (including phenoxy) is 2. The third-order valence-corrected chi connectivity index (χ3v) is 6.04. The summed E-state index contributed by atoms with van der Waals surface area (Å²) in [4.78, 5) is 29.2. The van der Waals surface area contributed by atoms with E-state index in [0.717, 1.165) is 38.8 Å². The van der Waals surface area contributed by atoms with Gasteiger partial charge >= 0.3 is 0 Å². The van der Waals surface area contributed by atoms with Crippen molar-refractivity contribution in [3.05, 3.63) is 0 Å². The number of hydrogen-bond donors (Lipinski definition) is 0. The normalized spacial score (nSPS) is 35.3. The smallest absolute Gasteiger partial charge is 0.226 e. The molecule has 4 rings (SSSR count). The number of piperidine rings is 2. The van der Waals surface area contributed by atoms with Crippen LogP contribution >= 0.6 is 0 Å². The van der Waals surface area contributed by atoms with E-state index in [1.165, 1.54) is 6.42 Å². The van der Waals surface area contributed by atoms with Crippen LogP contribution in [-0.4, -0.2) is 66.8 Å². The lowest BCUT2D eigenvalue weighted by atomic mass is 9.99. The van der Waals surface area contributed by atoms with Gasteiger partial charge in [-0.05, 0) is 25.2 Å². The maximum atomic E-state index is 12.7. The van der Waals surface area contributed by atoms with E-state index in [-0.39, 0.29) is 23.7 Å². The van der Waals surface area contributed by atoms with Gasteiger partial charge in [-0.25, -0.2) is 0 Å². The number of carbonyl (C=O) groups is 2. The highest BCUT2D eigenvalue weighted by molar-refractivity contribution is 5.92. The van der Waals surface area contributed by atoms with Gasteiger partial charge in [0.15, 0.2) is 5.79 Å². The molecule has 0 radical (unpaired) electrons. The SMILES string of the molecule is CC1CCCN(C(=O)C2CC2C(=O)N2CCC3(CC2)OCCO3)C1. The van der Waals surface area contributed by atoms with E-state index >= 15 is 0 Å². The first kappa shape index (κ1) is 16.3. The summed E-state index contributed by atoms with van der Waals surface area (Å²) >= 11 is 0. The van der Waals surface area contributed by atoms with Crippen LogP contribution in [0.4, 0.5) is 0 Å². The van der Waals surface area contributed by atoms with Crippen molar-refractivity contribution in [3.63, 3.8) is 0 Å². The minimum absolute atomic E-state index is 0.0716. The zero-order chi connectivity index (χ0) is 16.7. The number of hydrogen-bond acceptors (Lipinski definition) is 4. The van der Waals surface area contributed by atoms with Crippen LogP contribution in [0.3, 0.4) is 0 Å². The van der Waals surface area contributed by atoms with Gasteiger partial charge in [0.2, 0.25) is 11.8 Å². The number of carbonyl (C=O) groups excluding carboxylic acids is 2. The van der Waals surface area contributed by atoms with Crippen molar-refractivity contribution in [2.24, 2.45) is 17.8 Å². The molecule has 3 aliphatic heterocycles. The minimum Gasteiger partial charge on any atom is -0.347 e. The average Bonchev–Trinajstić information content (AvgIpc) is 3.28. The lowest BCUT2D eigenvalue weighted by Crippen LogP contribution is -2.48. The maximum absolute atomic E-state index is 12.7. The summed E-state index contributed by atoms with van der Waals surface area (Å²) in [6.07, 6.45) is 4.52. The second-order valence-electron chi connectivity index (χ2n) is 7.91. The number of rotatable bonds is 2. The van der Waals surface area contributed by atoms with E-state index in [1.807, 2.05) is 9.80 Å². The zero-order valence-corrected chi connectivity index (χ0v) is 14.5. The quantitative estimate of drug-likeness (QED) is 0.761. The van der Waals surface area contributed by atoms with Crippen LogP contribution in [0.15, 0.2) is 0 Å². The van der Waals surface area contributed by atoms with Crippen LogP contribution in [0.5, 0.6) is 0 Å². The lowest BCUT2D eigenvalue weighted by molar-refractivity contribution is -0.187. The van der Waals surface area contributed by atoms with Crippen molar-refractivity contribution < 1.29 is 19.1 Å². The van der Waals surface area contributed by atoms with E-state index in [9.17, 15) is 9.59 Å². The Balaban J connectivity index is 1.28. The molecule has 3 saturated heterocycles. The molecule has 3 atom stereocenters. The minimum atomic E-state index is -0.445. The Morgan fingerprint density at radius 1 is 0.958 bits per heavy atom. The van der Waals surface area contributed by atoms with E-state index < -0.39 is 5.79 Å². The first-order chi connectivity index (χ1) is 11.6. The van der Waals surface area contributed by atoms with Crippen LogP contribution in [0.25, 0.3) is 0 Å². The summed E-state index contributed by atoms with van der Waals surface area (Å²) < 4.78 is 11.4. The van der Waals surface area contributed by atoms with Gasteiger partial charge in [0.05, 0.1) is 25.0 Å². The fourth-order valence-corrected chi connectivity index (χ4v) is 4.45. The highest BCUT2D eigenvalue weighted by Crippen LogP contribution is 2.43. The molecule has 6 nitrogen and oxygen atoms in total. The molecule has 2 amide bonds. The zero-order valence-electron chi connectivity index (χ0n) is 14.5. The highest BCUT2D eigenvalue weighted by Gasteiger charge is 2.52. The number of likely N-dealkylation sites (tertiary alicyclic amines) is 2. The topological polar surface area (TPSA) is 59.1 Å². The standard InChI is InChI=1S/C18H28N2O4/c1-13-3-2-6-20(12-13)17(22)15-11-14(15)16(21)19-7-4-18(5-8-19)23-9-10-24-18/h13-15H,2-12H2,1H3. The Morgan fingerprint density at radius 3 is 2.21 bits per heavy atom. The molecule has 24 heavy (non-hydrogen) atoms. The van der Waals surface area contributed by atoms with Gasteiger partial charge in [0.25, 0.3) is 0 Å². The van der Waals surface area contributed by atoms with Crippen molar-refractivity contribution in [2.75, 3.05) is 39.4 Å². The first-order valence-electron chi connectivity index (χ1n) is 9.43. The first-order valence-corrected chi connectivity index (χ1v) is 9.43. The van der Waals surface area contributed by atoms with Crippen molar-refractivity contribution in [1.29, 1.82) is 0 Å². The van der Waals surface area contributed by atoms with Gasteiger partial charge in [0.1, 0.15) is 0 Å². The Labute approximate surface area is 143 Å². The largest absolute Gasteiger partial charge is 0.347 e. The predicted octanol–water partition coefficient (Wildman–Crippen LogP) is 1.25. The third kappa shape index (κ3) is 3.06. The summed E-state index contributed by atoms with van der Waals surface area (Å²) in [5.74, 6) is 0.341. The fraction of sp³-hybridized carbons (Fsp3) is 0.889. The van der Waals surface area contributed by atoms with Crippen molar-refractivity contribution in [1.82, 2.24) is 9.80 Å². The van der Waals surface area contributed by atoms with Gasteiger partial charge in [-0.3, -0.25) is 9.59 Å². The number of amides is 2. The van der Waals surface area contributed by atoms with Crippen molar-refractivity contribution in [3.8, 4) is 0 Å². The molecule has 0 aromatic carbocycles. The molecule has 0 aromatic heterocycles. The molecule has 134 valence electrons. The van der Waals surface area contributed by atoms with E-state index in [2.05, 4.69) is 6.92 Å². The molecule has 3 unspecified atom stereocenters. The van der Waals surface area contributed by atoms with E-state index in [1.54, 1.807) is 0 Å². The molecule has 0 N–H and O–H groups in total. The van der Waals surface area contributed by atoms with Gasteiger partial charge in [-0.1, -0.05) is 6.92 Å². The molecule has 1 aliphatic carbocycles. The number of nitrogens with zero attached hydrogens (tertiary/aromatic N) is 2. The van der Waals surface area contributed by atoms with Gasteiger partial charge in [-0.15, -0.1) is 0 Å². The average molecular weight is 336 g/mol. The summed E-state index contributed by atoms with van der Waals surface area (Å²) in [6.45, 7) is 6.58. The highest BCUT2D eigenvalue weighted by atomic mass is 16.7. The summed E-state index contributed by atoms with van der Waals surface area (Å²) in [6, 6.07) is 0. The van der Waals surface area contributed by atoms with E-state index in [0.29, 0.717) is 32.2 Å². The van der Waals surface area contributed by atoms with Crippen LogP contribution in [-0.2, 0) is 19.1 Å². The molecule has 1 saturated carbocycles. The van der Waals surface area contributed by atoms with Gasteiger partial charge in [0, 0.05) is 39.0 Å². The fourth-order valence-electron chi connectivity index (χ4n) is 4.45. The van der Waals surface area contributed by atoms with Crippen molar-refractivity contribution in [2.45, 2.75) is 44.8 Å². The van der Waals surface area contributed by atoms with E-state index in [4.69, 9.17) is 9.47 Å². The molecule has 1 spiro atoms. The third-order valence-electron chi connectivity index (χ3n) is 6.04. The Bertz CT molecular complexity index is 507.